The van der Waals surface area contributed by atoms with E-state index >= 15 is 0 Å². The molecule has 4 heterocycles. The molecule has 5 rings (SSSR count). The molecule has 2 fully saturated rings. The minimum Gasteiger partial charge on any atom is -0.490 e. The van der Waals surface area contributed by atoms with E-state index in [1.807, 2.05) is 12.3 Å². The summed E-state index contributed by atoms with van der Waals surface area (Å²) in [4.78, 5) is 11.5. The van der Waals surface area contributed by atoms with Gasteiger partial charge in [0.1, 0.15) is 23.5 Å². The molecule has 0 aliphatic carbocycles. The zero-order valence-corrected chi connectivity index (χ0v) is 17.8. The second kappa shape index (κ2) is 8.26. The maximum Gasteiger partial charge on any atom is 0.133 e. The van der Waals surface area contributed by atoms with Crippen LogP contribution in [-0.4, -0.2) is 46.9 Å². The molecule has 2 aliphatic rings. The van der Waals surface area contributed by atoms with Crippen LogP contribution in [0.15, 0.2) is 42.7 Å². The first-order chi connectivity index (χ1) is 14.7. The Labute approximate surface area is 177 Å². The van der Waals surface area contributed by atoms with Crippen molar-refractivity contribution in [3.63, 3.8) is 0 Å². The van der Waals surface area contributed by atoms with Crippen LogP contribution in [-0.2, 0) is 4.74 Å². The third-order valence-electron chi connectivity index (χ3n) is 6.26. The van der Waals surface area contributed by atoms with Gasteiger partial charge in [-0.25, -0.2) is 9.97 Å². The molecule has 3 aromatic rings. The van der Waals surface area contributed by atoms with E-state index in [1.165, 1.54) is 10.9 Å². The number of nitrogens with zero attached hydrogens (tertiary/aromatic N) is 4. The summed E-state index contributed by atoms with van der Waals surface area (Å²) in [5, 5.41) is 1.20. The lowest BCUT2D eigenvalue weighted by molar-refractivity contribution is 0.173. The minimum atomic E-state index is 0.233. The number of benzene rings is 1. The molecule has 2 aliphatic heterocycles. The highest BCUT2D eigenvalue weighted by atomic mass is 16.5. The van der Waals surface area contributed by atoms with Gasteiger partial charge in [0.25, 0.3) is 0 Å². The largest absolute Gasteiger partial charge is 0.490 e. The van der Waals surface area contributed by atoms with Crippen LogP contribution in [0, 0.1) is 0 Å². The maximum absolute atomic E-state index is 6.49. The number of hydrogen-bond acceptors (Lipinski definition) is 5. The smallest absolute Gasteiger partial charge is 0.133 e. The Balaban J connectivity index is 1.27. The summed E-state index contributed by atoms with van der Waals surface area (Å²) in [6.07, 6.45) is 7.36. The van der Waals surface area contributed by atoms with Crippen molar-refractivity contribution in [1.29, 1.82) is 0 Å². The van der Waals surface area contributed by atoms with E-state index in [4.69, 9.17) is 14.5 Å². The van der Waals surface area contributed by atoms with Gasteiger partial charge in [0.15, 0.2) is 0 Å². The highest BCUT2D eigenvalue weighted by molar-refractivity contribution is 5.86. The van der Waals surface area contributed by atoms with E-state index < -0.39 is 0 Å². The van der Waals surface area contributed by atoms with Crippen LogP contribution in [0.5, 0.6) is 5.75 Å². The summed E-state index contributed by atoms with van der Waals surface area (Å²) >= 11 is 0. The fourth-order valence-corrected chi connectivity index (χ4v) is 4.52. The summed E-state index contributed by atoms with van der Waals surface area (Å²) < 4.78 is 14.4. The first-order valence-corrected chi connectivity index (χ1v) is 11.1. The molecule has 1 aromatic carbocycles. The van der Waals surface area contributed by atoms with Gasteiger partial charge in [-0.2, -0.15) is 0 Å². The Kier molecular flexibility index (Phi) is 5.34. The highest BCUT2D eigenvalue weighted by Crippen LogP contribution is 2.33. The first kappa shape index (κ1) is 19.4. The van der Waals surface area contributed by atoms with Crippen LogP contribution in [0.3, 0.4) is 0 Å². The Hall–Kier alpha value is -2.60. The molecule has 0 N–H and O–H groups in total. The molecule has 0 saturated carbocycles. The van der Waals surface area contributed by atoms with E-state index in [9.17, 15) is 0 Å². The van der Waals surface area contributed by atoms with Crippen molar-refractivity contribution >= 4 is 16.7 Å². The first-order valence-electron chi connectivity index (χ1n) is 11.1. The molecule has 158 valence electrons. The molecule has 0 spiro atoms. The van der Waals surface area contributed by atoms with Crippen molar-refractivity contribution < 1.29 is 9.47 Å². The van der Waals surface area contributed by atoms with E-state index in [1.54, 1.807) is 0 Å². The summed E-state index contributed by atoms with van der Waals surface area (Å²) in [6, 6.07) is 11.0. The van der Waals surface area contributed by atoms with Gasteiger partial charge in [-0.3, -0.25) is 0 Å². The molecule has 0 amide bonds. The lowest BCUT2D eigenvalue weighted by Gasteiger charge is -2.33. The standard InChI is InChI=1S/C24H30N4O2/c1-17(2)24-25-11-6-23(26-24)27-12-7-19(8-13-27)30-22-5-3-4-21-20(22)9-14-28(21)18-10-15-29-16-18/h3-6,9,11,14,17-19H,7-8,10,12-13,15-16H2,1-2H3. The maximum atomic E-state index is 6.49. The van der Waals surface area contributed by atoms with Gasteiger partial charge < -0.3 is 18.9 Å². The average molecular weight is 407 g/mol. The second-order valence-corrected chi connectivity index (χ2v) is 8.66. The molecule has 2 saturated heterocycles. The molecule has 0 bridgehead atoms. The summed E-state index contributed by atoms with van der Waals surface area (Å²) in [5.41, 5.74) is 1.24. The van der Waals surface area contributed by atoms with Gasteiger partial charge in [-0.15, -0.1) is 0 Å². The fraction of sp³-hybridized carbons (Fsp3) is 0.500. The third-order valence-corrected chi connectivity index (χ3v) is 6.26. The highest BCUT2D eigenvalue weighted by Gasteiger charge is 2.24. The summed E-state index contributed by atoms with van der Waals surface area (Å²) in [5.74, 6) is 3.28. The van der Waals surface area contributed by atoms with Crippen molar-refractivity contribution in [1.82, 2.24) is 14.5 Å². The van der Waals surface area contributed by atoms with Crippen LogP contribution < -0.4 is 9.64 Å². The molecule has 6 nitrogen and oxygen atoms in total. The van der Waals surface area contributed by atoms with E-state index in [0.29, 0.717) is 12.0 Å². The molecule has 1 atom stereocenters. The SMILES string of the molecule is CC(C)c1nccc(N2CCC(Oc3cccc4c3ccn4C3CCOC3)CC2)n1. The van der Waals surface area contributed by atoms with E-state index in [0.717, 1.165) is 63.0 Å². The van der Waals surface area contributed by atoms with Crippen LogP contribution in [0.25, 0.3) is 10.9 Å². The average Bonchev–Trinajstić information content (AvgIpc) is 3.44. The number of aromatic nitrogens is 3. The van der Waals surface area contributed by atoms with Crippen molar-refractivity contribution in [3.05, 3.63) is 48.5 Å². The Morgan fingerprint density at radius 2 is 1.97 bits per heavy atom. The minimum absolute atomic E-state index is 0.233. The molecule has 6 heteroatoms. The predicted octanol–water partition coefficient (Wildman–Crippen LogP) is 4.56. The lowest BCUT2D eigenvalue weighted by Crippen LogP contribution is -2.38. The van der Waals surface area contributed by atoms with Crippen molar-refractivity contribution in [2.75, 3.05) is 31.2 Å². The molecule has 30 heavy (non-hydrogen) atoms. The molecular weight excluding hydrogens is 376 g/mol. The van der Waals surface area contributed by atoms with Crippen molar-refractivity contribution in [3.8, 4) is 5.75 Å². The topological polar surface area (TPSA) is 52.4 Å². The van der Waals surface area contributed by atoms with Crippen LogP contribution >= 0.6 is 0 Å². The Morgan fingerprint density at radius 3 is 2.73 bits per heavy atom. The van der Waals surface area contributed by atoms with Gasteiger partial charge in [-0.1, -0.05) is 19.9 Å². The van der Waals surface area contributed by atoms with Crippen LogP contribution in [0.4, 0.5) is 5.82 Å². The quantitative estimate of drug-likeness (QED) is 0.622. The normalized spacial score (nSPS) is 20.4. The predicted molar refractivity (Wildman–Crippen MR) is 118 cm³/mol. The van der Waals surface area contributed by atoms with Gasteiger partial charge in [0, 0.05) is 56.2 Å². The number of fused-ring (bicyclic) bond motifs is 1. The number of hydrogen-bond donors (Lipinski definition) is 0. The Bertz CT molecular complexity index is 1000. The lowest BCUT2D eigenvalue weighted by atomic mass is 10.1. The Morgan fingerprint density at radius 1 is 1.10 bits per heavy atom. The van der Waals surface area contributed by atoms with Crippen molar-refractivity contribution in [2.24, 2.45) is 0 Å². The zero-order chi connectivity index (χ0) is 20.5. The number of anilines is 1. The summed E-state index contributed by atoms with van der Waals surface area (Å²) in [7, 11) is 0. The number of piperidine rings is 1. The van der Waals surface area contributed by atoms with Gasteiger partial charge >= 0.3 is 0 Å². The van der Waals surface area contributed by atoms with Gasteiger partial charge in [0.2, 0.25) is 0 Å². The number of ether oxygens (including phenoxy) is 2. The summed E-state index contributed by atoms with van der Waals surface area (Å²) in [6.45, 7) is 7.82. The van der Waals surface area contributed by atoms with Gasteiger partial charge in [-0.05, 0) is 30.7 Å². The molecular formula is C24H30N4O2. The van der Waals surface area contributed by atoms with E-state index in [-0.39, 0.29) is 6.10 Å². The van der Waals surface area contributed by atoms with Crippen LogP contribution in [0.2, 0.25) is 0 Å². The molecule has 1 unspecified atom stereocenters. The van der Waals surface area contributed by atoms with Crippen molar-refractivity contribution in [2.45, 2.75) is 51.2 Å². The zero-order valence-electron chi connectivity index (χ0n) is 17.8. The van der Waals surface area contributed by atoms with Crippen LogP contribution in [0.1, 0.15) is 50.9 Å². The third kappa shape index (κ3) is 3.76. The molecule has 0 radical (unpaired) electrons. The second-order valence-electron chi connectivity index (χ2n) is 8.66. The monoisotopic (exact) mass is 406 g/mol. The van der Waals surface area contributed by atoms with Gasteiger partial charge in [0.05, 0.1) is 18.2 Å². The number of rotatable bonds is 5. The molecule has 2 aromatic heterocycles. The van der Waals surface area contributed by atoms with E-state index in [2.05, 4.69) is 58.8 Å². The fourth-order valence-electron chi connectivity index (χ4n) is 4.52.